The molecule has 17 heavy (non-hydrogen) atoms. The molecular formula is C12H12N4O. The van der Waals surface area contributed by atoms with Crippen LogP contribution in [0.1, 0.15) is 5.56 Å². The number of carbonyl (C=O) groups is 1. The van der Waals surface area contributed by atoms with Crippen LogP contribution in [0, 0.1) is 0 Å². The normalized spacial score (nSPS) is 10.9. The largest absolute Gasteiger partial charge is 0.366 e. The summed E-state index contributed by atoms with van der Waals surface area (Å²) < 4.78 is 1.72. The molecule has 0 radical (unpaired) electrons. The predicted molar refractivity (Wildman–Crippen MR) is 64.7 cm³/mol. The number of carbonyl (C=O) groups excluding carboxylic acids is 1. The van der Waals surface area contributed by atoms with Gasteiger partial charge in [0.25, 0.3) is 0 Å². The molecule has 0 aliphatic carbocycles. The van der Waals surface area contributed by atoms with E-state index in [4.69, 9.17) is 5.73 Å². The van der Waals surface area contributed by atoms with Gasteiger partial charge in [-0.25, -0.2) is 0 Å². The van der Waals surface area contributed by atoms with Crippen molar-refractivity contribution in [3.8, 4) is 11.1 Å². The fourth-order valence-electron chi connectivity index (χ4n) is 1.53. The summed E-state index contributed by atoms with van der Waals surface area (Å²) in [5.41, 5.74) is 7.84. The Morgan fingerprint density at radius 1 is 1.47 bits per heavy atom. The van der Waals surface area contributed by atoms with Crippen LogP contribution in [-0.4, -0.2) is 20.7 Å². The Morgan fingerprint density at radius 2 is 2.29 bits per heavy atom. The molecule has 0 atom stereocenters. The maximum atomic E-state index is 10.7. The standard InChI is InChI=1S/C12H12N4O/c1-16-8-10(7-15-16)11-4-5-14-6-9(11)2-3-12(13)17/h2-8H,1H3,(H2,13,17)/b3-2-. The first kappa shape index (κ1) is 11.1. The van der Waals surface area contributed by atoms with Gasteiger partial charge in [-0.2, -0.15) is 5.10 Å². The van der Waals surface area contributed by atoms with Crippen LogP contribution in [0.15, 0.2) is 36.9 Å². The monoisotopic (exact) mass is 228 g/mol. The first-order chi connectivity index (χ1) is 8.16. The van der Waals surface area contributed by atoms with Gasteiger partial charge in [0.15, 0.2) is 0 Å². The second kappa shape index (κ2) is 4.61. The van der Waals surface area contributed by atoms with Crippen molar-refractivity contribution in [3.05, 3.63) is 42.5 Å². The molecule has 2 N–H and O–H groups in total. The lowest BCUT2D eigenvalue weighted by Gasteiger charge is -2.01. The average Bonchev–Trinajstić information content (AvgIpc) is 2.73. The minimum Gasteiger partial charge on any atom is -0.366 e. The maximum Gasteiger partial charge on any atom is 0.241 e. The van der Waals surface area contributed by atoms with Crippen molar-refractivity contribution < 1.29 is 4.79 Å². The van der Waals surface area contributed by atoms with E-state index >= 15 is 0 Å². The summed E-state index contributed by atoms with van der Waals surface area (Å²) in [6.45, 7) is 0. The highest BCUT2D eigenvalue weighted by atomic mass is 16.1. The lowest BCUT2D eigenvalue weighted by molar-refractivity contribution is -0.113. The summed E-state index contributed by atoms with van der Waals surface area (Å²) in [7, 11) is 1.85. The zero-order valence-corrected chi connectivity index (χ0v) is 9.37. The second-order valence-corrected chi connectivity index (χ2v) is 3.60. The first-order valence-corrected chi connectivity index (χ1v) is 5.07. The number of primary amides is 1. The SMILES string of the molecule is Cn1cc(-c2ccncc2/C=C\C(N)=O)cn1. The smallest absolute Gasteiger partial charge is 0.241 e. The molecule has 0 bridgehead atoms. The van der Waals surface area contributed by atoms with Crippen molar-refractivity contribution in [3.63, 3.8) is 0 Å². The highest BCUT2D eigenvalue weighted by Gasteiger charge is 2.04. The number of aryl methyl sites for hydroxylation is 1. The number of amides is 1. The Balaban J connectivity index is 2.44. The zero-order valence-electron chi connectivity index (χ0n) is 9.37. The van der Waals surface area contributed by atoms with E-state index in [2.05, 4.69) is 10.1 Å². The van der Waals surface area contributed by atoms with Gasteiger partial charge < -0.3 is 5.73 Å². The lowest BCUT2D eigenvalue weighted by atomic mass is 10.1. The molecule has 0 aliphatic rings. The van der Waals surface area contributed by atoms with Crippen LogP contribution < -0.4 is 5.73 Å². The van der Waals surface area contributed by atoms with Crippen molar-refractivity contribution in [2.75, 3.05) is 0 Å². The lowest BCUT2D eigenvalue weighted by Crippen LogP contribution is -2.05. The van der Waals surface area contributed by atoms with Crippen LogP contribution in [0.3, 0.4) is 0 Å². The van der Waals surface area contributed by atoms with Gasteiger partial charge in [-0.3, -0.25) is 14.5 Å². The van der Waals surface area contributed by atoms with Crippen molar-refractivity contribution in [1.29, 1.82) is 0 Å². The van der Waals surface area contributed by atoms with Crippen molar-refractivity contribution >= 4 is 12.0 Å². The summed E-state index contributed by atoms with van der Waals surface area (Å²) in [5, 5.41) is 4.11. The average molecular weight is 228 g/mol. The molecule has 0 aromatic carbocycles. The number of aromatic nitrogens is 3. The molecule has 2 aromatic heterocycles. The highest BCUT2D eigenvalue weighted by molar-refractivity contribution is 5.91. The number of nitrogens with zero attached hydrogens (tertiary/aromatic N) is 3. The Kier molecular flexibility index (Phi) is 3.00. The van der Waals surface area contributed by atoms with E-state index in [0.29, 0.717) is 0 Å². The minimum atomic E-state index is -0.481. The third-order valence-corrected chi connectivity index (χ3v) is 2.29. The Hall–Kier alpha value is -2.43. The molecule has 0 spiro atoms. The van der Waals surface area contributed by atoms with Crippen LogP contribution in [0.4, 0.5) is 0 Å². The van der Waals surface area contributed by atoms with Gasteiger partial charge in [0.05, 0.1) is 6.20 Å². The molecule has 0 fully saturated rings. The van der Waals surface area contributed by atoms with Gasteiger partial charge in [0.1, 0.15) is 0 Å². The number of pyridine rings is 1. The van der Waals surface area contributed by atoms with Crippen LogP contribution >= 0.6 is 0 Å². The first-order valence-electron chi connectivity index (χ1n) is 5.07. The number of hydrogen-bond acceptors (Lipinski definition) is 3. The van der Waals surface area contributed by atoms with Gasteiger partial charge in [0.2, 0.25) is 5.91 Å². The topological polar surface area (TPSA) is 73.8 Å². The van der Waals surface area contributed by atoms with Crippen molar-refractivity contribution in [2.45, 2.75) is 0 Å². The van der Waals surface area contributed by atoms with E-state index in [-0.39, 0.29) is 0 Å². The Morgan fingerprint density at radius 3 is 2.94 bits per heavy atom. The van der Waals surface area contributed by atoms with Gasteiger partial charge in [-0.05, 0) is 17.7 Å². The molecule has 2 aromatic rings. The van der Waals surface area contributed by atoms with E-state index in [0.717, 1.165) is 16.7 Å². The number of hydrogen-bond donors (Lipinski definition) is 1. The molecule has 0 unspecified atom stereocenters. The number of rotatable bonds is 3. The molecule has 0 saturated carbocycles. The van der Waals surface area contributed by atoms with Crippen molar-refractivity contribution in [1.82, 2.24) is 14.8 Å². The molecule has 5 nitrogen and oxygen atoms in total. The summed E-state index contributed by atoms with van der Waals surface area (Å²) in [5.74, 6) is -0.481. The van der Waals surface area contributed by atoms with E-state index in [1.54, 1.807) is 29.3 Å². The molecule has 2 rings (SSSR count). The highest BCUT2D eigenvalue weighted by Crippen LogP contribution is 2.22. The predicted octanol–water partition coefficient (Wildman–Crippen LogP) is 0.981. The molecule has 2 heterocycles. The van der Waals surface area contributed by atoms with E-state index in [1.807, 2.05) is 19.3 Å². The van der Waals surface area contributed by atoms with Crippen LogP contribution in [0.25, 0.3) is 17.2 Å². The van der Waals surface area contributed by atoms with E-state index in [1.165, 1.54) is 6.08 Å². The quantitative estimate of drug-likeness (QED) is 0.796. The molecule has 86 valence electrons. The van der Waals surface area contributed by atoms with Gasteiger partial charge in [-0.1, -0.05) is 0 Å². The summed E-state index contributed by atoms with van der Waals surface area (Å²) in [6.07, 6.45) is 10.0. The zero-order chi connectivity index (χ0) is 12.3. The second-order valence-electron chi connectivity index (χ2n) is 3.60. The van der Waals surface area contributed by atoms with E-state index < -0.39 is 5.91 Å². The molecule has 1 amide bonds. The minimum absolute atomic E-state index is 0.481. The summed E-state index contributed by atoms with van der Waals surface area (Å²) in [4.78, 5) is 14.7. The van der Waals surface area contributed by atoms with Gasteiger partial charge >= 0.3 is 0 Å². The third-order valence-electron chi connectivity index (χ3n) is 2.29. The Bertz CT molecular complexity index is 571. The van der Waals surface area contributed by atoms with Crippen LogP contribution in [0.5, 0.6) is 0 Å². The number of nitrogens with two attached hydrogens (primary N) is 1. The van der Waals surface area contributed by atoms with E-state index in [9.17, 15) is 4.79 Å². The van der Waals surface area contributed by atoms with Crippen LogP contribution in [0.2, 0.25) is 0 Å². The summed E-state index contributed by atoms with van der Waals surface area (Å²) in [6, 6.07) is 1.87. The van der Waals surface area contributed by atoms with Gasteiger partial charge in [0, 0.05) is 42.8 Å². The fourth-order valence-corrected chi connectivity index (χ4v) is 1.53. The maximum absolute atomic E-state index is 10.7. The molecule has 5 heteroatoms. The van der Waals surface area contributed by atoms with Crippen molar-refractivity contribution in [2.24, 2.45) is 12.8 Å². The fraction of sp³-hybridized carbons (Fsp3) is 0.0833. The summed E-state index contributed by atoms with van der Waals surface area (Å²) >= 11 is 0. The third kappa shape index (κ3) is 2.57. The molecule has 0 aliphatic heterocycles. The van der Waals surface area contributed by atoms with Crippen LogP contribution in [-0.2, 0) is 11.8 Å². The molecule has 0 saturated heterocycles. The Labute approximate surface area is 98.6 Å². The molecular weight excluding hydrogens is 216 g/mol. The van der Waals surface area contributed by atoms with Gasteiger partial charge in [-0.15, -0.1) is 0 Å².